The Morgan fingerprint density at radius 3 is 1.48 bits per heavy atom. The van der Waals surface area contributed by atoms with Crippen LogP contribution < -0.4 is 0 Å². The van der Waals surface area contributed by atoms with Gasteiger partial charge in [-0.15, -0.1) is 0 Å². The smallest absolute Gasteiger partial charge is 0.305 e. The zero-order valence-corrected chi connectivity index (χ0v) is 27.3. The predicted molar refractivity (Wildman–Crippen MR) is 177 cm³/mol. The molecule has 1 fully saturated rings. The van der Waals surface area contributed by atoms with Crippen LogP contribution in [0.15, 0.2) is 121 Å². The van der Waals surface area contributed by atoms with E-state index in [1.807, 2.05) is 121 Å². The minimum absolute atomic E-state index is 0.155. The summed E-state index contributed by atoms with van der Waals surface area (Å²) in [6, 6.07) is 38.7. The topological polar surface area (TPSA) is 98.8 Å². The van der Waals surface area contributed by atoms with Crippen LogP contribution in [0.4, 0.5) is 0 Å². The Morgan fingerprint density at radius 1 is 0.583 bits per heavy atom. The number of carbonyl (C=O) groups excluding carboxylic acids is 2. The van der Waals surface area contributed by atoms with Gasteiger partial charge in [-0.3, -0.25) is 9.59 Å². The summed E-state index contributed by atoms with van der Waals surface area (Å²) < 4.78 is 44.4. The maximum Gasteiger partial charge on any atom is 0.305 e. The SMILES string of the molecule is CC(=O)OC[C@H]1O[C@](COCc2ccccc2)(OC(C)=O)[C@@H](OCc2ccccc2)[C@H](OCc2ccccc2)[C@@H]1OCc1ccccc1. The third-order valence-corrected chi connectivity index (χ3v) is 7.80. The molecule has 1 saturated heterocycles. The van der Waals surface area contributed by atoms with Gasteiger partial charge < -0.3 is 33.2 Å². The van der Waals surface area contributed by atoms with Crippen molar-refractivity contribution in [2.75, 3.05) is 13.2 Å². The van der Waals surface area contributed by atoms with Crippen LogP contribution in [0, 0.1) is 0 Å². The first-order valence-electron chi connectivity index (χ1n) is 16.0. The van der Waals surface area contributed by atoms with Gasteiger partial charge in [0.25, 0.3) is 5.79 Å². The number of ether oxygens (including phenoxy) is 7. The lowest BCUT2D eigenvalue weighted by Gasteiger charge is -2.51. The van der Waals surface area contributed by atoms with E-state index in [0.717, 1.165) is 22.3 Å². The van der Waals surface area contributed by atoms with Crippen LogP contribution in [0.3, 0.4) is 0 Å². The average Bonchev–Trinajstić information content (AvgIpc) is 3.10. The molecule has 0 amide bonds. The lowest BCUT2D eigenvalue weighted by atomic mass is 9.91. The molecule has 1 aliphatic heterocycles. The number of hydrogen-bond donors (Lipinski definition) is 0. The lowest BCUT2D eigenvalue weighted by molar-refractivity contribution is -0.380. The van der Waals surface area contributed by atoms with E-state index >= 15 is 0 Å². The number of carbonyl (C=O) groups is 2. The van der Waals surface area contributed by atoms with Crippen molar-refractivity contribution in [1.29, 1.82) is 0 Å². The normalized spacial score (nSPS) is 22.1. The Kier molecular flexibility index (Phi) is 12.9. The second kappa shape index (κ2) is 17.7. The fourth-order valence-corrected chi connectivity index (χ4v) is 5.61. The fourth-order valence-electron chi connectivity index (χ4n) is 5.61. The molecule has 9 nitrogen and oxygen atoms in total. The van der Waals surface area contributed by atoms with E-state index in [9.17, 15) is 9.59 Å². The molecule has 0 radical (unpaired) electrons. The highest BCUT2D eigenvalue weighted by Crippen LogP contribution is 2.39. The molecular weight excluding hydrogens is 612 g/mol. The molecule has 0 unspecified atom stereocenters. The van der Waals surface area contributed by atoms with Crippen molar-refractivity contribution in [3.05, 3.63) is 144 Å². The summed E-state index contributed by atoms with van der Waals surface area (Å²) in [5.41, 5.74) is 3.66. The minimum atomic E-state index is -1.80. The fraction of sp³-hybridized carbons (Fsp3) is 0.333. The highest BCUT2D eigenvalue weighted by atomic mass is 16.8. The molecule has 0 saturated carbocycles. The maximum atomic E-state index is 12.9. The average molecular weight is 655 g/mol. The van der Waals surface area contributed by atoms with Gasteiger partial charge in [0.15, 0.2) is 6.10 Å². The summed E-state index contributed by atoms with van der Waals surface area (Å²) in [5.74, 6) is -2.90. The summed E-state index contributed by atoms with van der Waals surface area (Å²) in [4.78, 5) is 24.9. The van der Waals surface area contributed by atoms with Gasteiger partial charge in [-0.25, -0.2) is 0 Å². The van der Waals surface area contributed by atoms with Crippen LogP contribution in [-0.4, -0.2) is 55.4 Å². The van der Waals surface area contributed by atoms with E-state index in [0.29, 0.717) is 0 Å². The highest BCUT2D eigenvalue weighted by molar-refractivity contribution is 5.66. The van der Waals surface area contributed by atoms with E-state index in [1.165, 1.54) is 13.8 Å². The Hall–Kier alpha value is -4.38. The monoisotopic (exact) mass is 654 g/mol. The number of rotatable bonds is 16. The quantitative estimate of drug-likeness (QED) is 0.131. The molecule has 1 aliphatic rings. The first-order chi connectivity index (χ1) is 23.4. The molecule has 0 bridgehead atoms. The van der Waals surface area contributed by atoms with Crippen molar-refractivity contribution in [1.82, 2.24) is 0 Å². The minimum Gasteiger partial charge on any atom is -0.463 e. The van der Waals surface area contributed by atoms with E-state index in [4.69, 9.17) is 33.2 Å². The van der Waals surface area contributed by atoms with Crippen LogP contribution in [0.5, 0.6) is 0 Å². The molecule has 252 valence electrons. The Morgan fingerprint density at radius 2 is 1.02 bits per heavy atom. The van der Waals surface area contributed by atoms with Crippen LogP contribution in [-0.2, 0) is 69.2 Å². The van der Waals surface area contributed by atoms with Gasteiger partial charge in [-0.2, -0.15) is 0 Å². The Labute approximate surface area is 281 Å². The van der Waals surface area contributed by atoms with Gasteiger partial charge >= 0.3 is 11.9 Å². The summed E-state index contributed by atoms with van der Waals surface area (Å²) >= 11 is 0. The largest absolute Gasteiger partial charge is 0.463 e. The van der Waals surface area contributed by atoms with Crippen molar-refractivity contribution < 1.29 is 42.7 Å². The molecule has 0 aromatic heterocycles. The third kappa shape index (κ3) is 10.1. The molecule has 4 aromatic rings. The lowest BCUT2D eigenvalue weighted by Crippen LogP contribution is -2.70. The summed E-state index contributed by atoms with van der Waals surface area (Å²) in [5, 5.41) is 0. The standard InChI is InChI=1S/C39H42O9/c1-29(40)43-27-35-36(44-24-32-17-9-4-10-18-32)37(45-25-33-19-11-5-12-20-33)38(46-26-34-21-13-6-14-22-34)39(48-35,47-30(2)41)28-42-23-31-15-7-3-8-16-31/h3-22,35-38H,23-28H2,1-2H3/t35-,36-,37-,38+,39+/m1/s1. The first kappa shape index (κ1) is 34.9. The zero-order valence-electron chi connectivity index (χ0n) is 27.3. The Balaban J connectivity index is 1.55. The predicted octanol–water partition coefficient (Wildman–Crippen LogP) is 6.18. The van der Waals surface area contributed by atoms with Crippen LogP contribution in [0.2, 0.25) is 0 Å². The number of esters is 2. The highest BCUT2D eigenvalue weighted by Gasteiger charge is 2.60. The Bertz CT molecular complexity index is 1540. The molecule has 1 heterocycles. The molecule has 0 spiro atoms. The van der Waals surface area contributed by atoms with Crippen LogP contribution in [0.25, 0.3) is 0 Å². The van der Waals surface area contributed by atoms with Gasteiger partial charge in [0.1, 0.15) is 31.5 Å². The van der Waals surface area contributed by atoms with Crippen molar-refractivity contribution >= 4 is 11.9 Å². The van der Waals surface area contributed by atoms with Crippen LogP contribution >= 0.6 is 0 Å². The van der Waals surface area contributed by atoms with Gasteiger partial charge in [-0.05, 0) is 22.3 Å². The molecule has 0 N–H and O–H groups in total. The second-order valence-corrected chi connectivity index (χ2v) is 11.6. The molecule has 48 heavy (non-hydrogen) atoms. The van der Waals surface area contributed by atoms with Crippen LogP contribution in [0.1, 0.15) is 36.1 Å². The number of hydrogen-bond acceptors (Lipinski definition) is 9. The van der Waals surface area contributed by atoms with Gasteiger partial charge in [0.05, 0.1) is 26.4 Å². The second-order valence-electron chi connectivity index (χ2n) is 11.6. The molecule has 4 aromatic carbocycles. The molecule has 0 aliphatic carbocycles. The van der Waals surface area contributed by atoms with Crippen molar-refractivity contribution in [3.8, 4) is 0 Å². The summed E-state index contributed by atoms with van der Waals surface area (Å²) in [6.07, 6.45) is -3.64. The summed E-state index contributed by atoms with van der Waals surface area (Å²) in [6.45, 7) is 3.02. The summed E-state index contributed by atoms with van der Waals surface area (Å²) in [7, 11) is 0. The number of benzene rings is 4. The first-order valence-corrected chi connectivity index (χ1v) is 16.0. The van der Waals surface area contributed by atoms with Gasteiger partial charge in [0.2, 0.25) is 0 Å². The van der Waals surface area contributed by atoms with E-state index < -0.39 is 42.1 Å². The van der Waals surface area contributed by atoms with Crippen molar-refractivity contribution in [2.45, 2.75) is 70.5 Å². The zero-order chi connectivity index (χ0) is 33.6. The molecule has 5 atom stereocenters. The molecule has 9 heteroatoms. The van der Waals surface area contributed by atoms with E-state index in [2.05, 4.69) is 0 Å². The van der Waals surface area contributed by atoms with Crippen molar-refractivity contribution in [3.63, 3.8) is 0 Å². The van der Waals surface area contributed by atoms with E-state index in [1.54, 1.807) is 0 Å². The molecule has 5 rings (SSSR count). The molecular formula is C39H42O9. The third-order valence-electron chi connectivity index (χ3n) is 7.80. The van der Waals surface area contributed by atoms with Gasteiger partial charge in [-0.1, -0.05) is 121 Å². The maximum absolute atomic E-state index is 12.9. The van der Waals surface area contributed by atoms with Gasteiger partial charge in [0, 0.05) is 13.8 Å². The van der Waals surface area contributed by atoms with E-state index in [-0.39, 0.29) is 39.6 Å². The van der Waals surface area contributed by atoms with Crippen molar-refractivity contribution in [2.24, 2.45) is 0 Å².